The van der Waals surface area contributed by atoms with Crippen LogP contribution in [0.15, 0.2) is 48.5 Å². The van der Waals surface area contributed by atoms with E-state index in [1.165, 1.54) is 12.1 Å². The molecule has 7 heteroatoms. The second-order valence-electron chi connectivity index (χ2n) is 10.2. The summed E-state index contributed by atoms with van der Waals surface area (Å²) in [7, 11) is 0. The second-order valence-corrected chi connectivity index (χ2v) is 10.7. The molecule has 0 radical (unpaired) electrons. The summed E-state index contributed by atoms with van der Waals surface area (Å²) < 4.78 is 25.8. The fourth-order valence-corrected chi connectivity index (χ4v) is 5.41. The molecule has 0 unspecified atom stereocenters. The van der Waals surface area contributed by atoms with Crippen molar-refractivity contribution in [2.75, 3.05) is 6.61 Å². The standard InChI is InChI=1S/C26H31ClFNO4/c1-24(2,3)33-23(31)29-25(17-32-16-18-7-9-20(27)10-8-18)11-13-26(29,14-12-25)22(30)19-5-4-6-21(28)15-19/h4-10,15,22,30H,11-14,16-17H2,1-3H3/t22-,25?,26?/m1/s1. The molecule has 2 bridgehead atoms. The van der Waals surface area contributed by atoms with E-state index >= 15 is 0 Å². The first-order valence-corrected chi connectivity index (χ1v) is 11.7. The topological polar surface area (TPSA) is 59.0 Å². The van der Waals surface area contributed by atoms with Gasteiger partial charge in [-0.15, -0.1) is 0 Å². The molecular formula is C26H31ClFNO4. The van der Waals surface area contributed by atoms with E-state index in [0.29, 0.717) is 49.5 Å². The van der Waals surface area contributed by atoms with Gasteiger partial charge in [0, 0.05) is 5.02 Å². The summed E-state index contributed by atoms with van der Waals surface area (Å²) in [6.07, 6.45) is 1.05. The average Bonchev–Trinajstić information content (AvgIpc) is 3.25. The smallest absolute Gasteiger partial charge is 0.411 e. The maximum absolute atomic E-state index is 13.9. The first-order valence-electron chi connectivity index (χ1n) is 11.3. The van der Waals surface area contributed by atoms with E-state index in [2.05, 4.69) is 0 Å². The van der Waals surface area contributed by atoms with Crippen LogP contribution in [0.5, 0.6) is 0 Å². The molecule has 4 rings (SSSR count). The van der Waals surface area contributed by atoms with E-state index in [1.807, 2.05) is 45.0 Å². The van der Waals surface area contributed by atoms with Crippen molar-refractivity contribution < 1.29 is 23.8 Å². The Morgan fingerprint density at radius 3 is 2.42 bits per heavy atom. The normalized spacial score (nSPS) is 25.3. The van der Waals surface area contributed by atoms with Crippen LogP contribution in [0.2, 0.25) is 5.02 Å². The highest BCUT2D eigenvalue weighted by atomic mass is 35.5. The number of carbonyl (C=O) groups is 1. The van der Waals surface area contributed by atoms with Gasteiger partial charge in [0.05, 0.1) is 24.3 Å². The molecule has 178 valence electrons. The van der Waals surface area contributed by atoms with Crippen molar-refractivity contribution in [3.05, 3.63) is 70.5 Å². The Hall–Kier alpha value is -2.15. The number of aliphatic hydroxyl groups excluding tert-OH is 1. The summed E-state index contributed by atoms with van der Waals surface area (Å²) in [6.45, 7) is 6.18. The molecule has 1 atom stereocenters. The highest BCUT2D eigenvalue weighted by molar-refractivity contribution is 6.30. The molecule has 2 saturated heterocycles. The summed E-state index contributed by atoms with van der Waals surface area (Å²) in [5.74, 6) is -0.416. The Balaban J connectivity index is 1.60. The van der Waals surface area contributed by atoms with Gasteiger partial charge in [-0.1, -0.05) is 35.9 Å². The Labute approximate surface area is 199 Å². The van der Waals surface area contributed by atoms with Gasteiger partial charge in [0.1, 0.15) is 17.5 Å². The van der Waals surface area contributed by atoms with Crippen LogP contribution >= 0.6 is 11.6 Å². The van der Waals surface area contributed by atoms with Crippen LogP contribution in [0.4, 0.5) is 9.18 Å². The van der Waals surface area contributed by atoms with E-state index in [0.717, 1.165) is 5.56 Å². The number of fused-ring (bicyclic) bond motifs is 2. The predicted molar refractivity (Wildman–Crippen MR) is 124 cm³/mol. The fourth-order valence-electron chi connectivity index (χ4n) is 5.28. The van der Waals surface area contributed by atoms with Crippen LogP contribution in [0, 0.1) is 5.82 Å². The van der Waals surface area contributed by atoms with Gasteiger partial charge in [0.15, 0.2) is 0 Å². The predicted octanol–water partition coefficient (Wildman–Crippen LogP) is 6.03. The highest BCUT2D eigenvalue weighted by Gasteiger charge is 2.66. The van der Waals surface area contributed by atoms with Crippen LogP contribution in [0.25, 0.3) is 0 Å². The van der Waals surface area contributed by atoms with Crippen molar-refractivity contribution in [3.8, 4) is 0 Å². The number of hydrogen-bond donors (Lipinski definition) is 1. The van der Waals surface area contributed by atoms with Gasteiger partial charge in [-0.05, 0) is 81.8 Å². The van der Waals surface area contributed by atoms with Gasteiger partial charge < -0.3 is 14.6 Å². The number of halogens is 2. The van der Waals surface area contributed by atoms with Gasteiger partial charge in [0.2, 0.25) is 0 Å². The van der Waals surface area contributed by atoms with Crippen molar-refractivity contribution in [1.29, 1.82) is 0 Å². The summed E-state index contributed by atoms with van der Waals surface area (Å²) in [5.41, 5.74) is -0.678. The molecule has 1 N–H and O–H groups in total. The molecule has 2 heterocycles. The quantitative estimate of drug-likeness (QED) is 0.554. The third-order valence-corrected chi connectivity index (χ3v) is 7.02. The minimum Gasteiger partial charge on any atom is -0.444 e. The molecule has 1 amide bonds. The Bertz CT molecular complexity index is 996. The second kappa shape index (κ2) is 8.90. The number of aliphatic hydroxyl groups is 1. The van der Waals surface area contributed by atoms with Crippen LogP contribution in [-0.4, -0.2) is 39.4 Å². The van der Waals surface area contributed by atoms with E-state index in [1.54, 1.807) is 17.0 Å². The zero-order chi connectivity index (χ0) is 23.9. The zero-order valence-corrected chi connectivity index (χ0v) is 20.1. The van der Waals surface area contributed by atoms with Crippen molar-refractivity contribution >= 4 is 17.7 Å². The molecular weight excluding hydrogens is 445 g/mol. The van der Waals surface area contributed by atoms with Crippen LogP contribution in [-0.2, 0) is 16.1 Å². The zero-order valence-electron chi connectivity index (χ0n) is 19.3. The first-order chi connectivity index (χ1) is 15.5. The maximum atomic E-state index is 13.9. The van der Waals surface area contributed by atoms with E-state index in [-0.39, 0.29) is 0 Å². The molecule has 2 fully saturated rings. The number of rotatable bonds is 6. The minimum atomic E-state index is -1.03. The van der Waals surface area contributed by atoms with Crippen LogP contribution < -0.4 is 0 Å². The molecule has 0 spiro atoms. The van der Waals surface area contributed by atoms with Gasteiger partial charge in [0.25, 0.3) is 0 Å². The fraction of sp³-hybridized carbons (Fsp3) is 0.500. The van der Waals surface area contributed by atoms with Gasteiger partial charge in [-0.2, -0.15) is 0 Å². The summed E-state index contributed by atoms with van der Waals surface area (Å²) >= 11 is 5.97. The lowest BCUT2D eigenvalue weighted by Crippen LogP contribution is -2.56. The maximum Gasteiger partial charge on any atom is 0.411 e. The first kappa shape index (κ1) is 24.0. The largest absolute Gasteiger partial charge is 0.444 e. The minimum absolute atomic E-state index is 0.326. The Kier molecular flexibility index (Phi) is 6.47. The number of carbonyl (C=O) groups excluding carboxylic acids is 1. The van der Waals surface area contributed by atoms with Crippen molar-refractivity contribution in [3.63, 3.8) is 0 Å². The van der Waals surface area contributed by atoms with Gasteiger partial charge in [-0.25, -0.2) is 9.18 Å². The molecule has 2 aromatic rings. The van der Waals surface area contributed by atoms with E-state index < -0.39 is 34.7 Å². The van der Waals surface area contributed by atoms with Crippen LogP contribution in [0.1, 0.15) is 63.7 Å². The lowest BCUT2D eigenvalue weighted by molar-refractivity contribution is -0.0541. The lowest BCUT2D eigenvalue weighted by Gasteiger charge is -2.42. The van der Waals surface area contributed by atoms with Crippen molar-refractivity contribution in [2.45, 2.75) is 75.8 Å². The highest BCUT2D eigenvalue weighted by Crippen LogP contribution is 2.58. The summed E-state index contributed by atoms with van der Waals surface area (Å²) in [6, 6.07) is 13.4. The SMILES string of the molecule is CC(C)(C)OC(=O)N1C2(COCc3ccc(Cl)cc3)CCC1([C@H](O)c1cccc(F)c1)CC2. The molecule has 33 heavy (non-hydrogen) atoms. The van der Waals surface area contributed by atoms with E-state index in [9.17, 15) is 14.3 Å². The lowest BCUT2D eigenvalue weighted by atomic mass is 9.77. The molecule has 5 nitrogen and oxygen atoms in total. The summed E-state index contributed by atoms with van der Waals surface area (Å²) in [4.78, 5) is 15.2. The van der Waals surface area contributed by atoms with Gasteiger partial charge in [-0.3, -0.25) is 4.90 Å². The summed E-state index contributed by atoms with van der Waals surface area (Å²) in [5, 5.41) is 12.1. The number of ether oxygens (including phenoxy) is 2. The molecule has 0 saturated carbocycles. The number of nitrogens with zero attached hydrogens (tertiary/aromatic N) is 1. The molecule has 0 aromatic heterocycles. The third kappa shape index (κ3) is 4.75. The number of amides is 1. The average molecular weight is 476 g/mol. The van der Waals surface area contributed by atoms with E-state index in [4.69, 9.17) is 21.1 Å². The Morgan fingerprint density at radius 2 is 1.82 bits per heavy atom. The van der Waals surface area contributed by atoms with Crippen LogP contribution in [0.3, 0.4) is 0 Å². The number of benzene rings is 2. The van der Waals surface area contributed by atoms with Crippen molar-refractivity contribution in [1.82, 2.24) is 4.90 Å². The molecule has 2 aliphatic heterocycles. The van der Waals surface area contributed by atoms with Gasteiger partial charge >= 0.3 is 6.09 Å². The van der Waals surface area contributed by atoms with Crippen molar-refractivity contribution in [2.24, 2.45) is 0 Å². The number of hydrogen-bond acceptors (Lipinski definition) is 4. The molecule has 2 aliphatic rings. The monoisotopic (exact) mass is 475 g/mol. The molecule has 0 aliphatic carbocycles. The third-order valence-electron chi connectivity index (χ3n) is 6.77. The Morgan fingerprint density at radius 1 is 1.15 bits per heavy atom. The molecule has 2 aromatic carbocycles.